The van der Waals surface area contributed by atoms with Crippen LogP contribution < -0.4 is 10.2 Å². The van der Waals surface area contributed by atoms with E-state index in [4.69, 9.17) is 0 Å². The number of carbonyl (C=O) groups is 1. The summed E-state index contributed by atoms with van der Waals surface area (Å²) in [5.41, 5.74) is 4.99. The molecule has 0 unspecified atom stereocenters. The lowest BCUT2D eigenvalue weighted by Crippen LogP contribution is -2.56. The Hall–Kier alpha value is -3.70. The third-order valence-corrected chi connectivity index (χ3v) is 8.66. The second kappa shape index (κ2) is 10.6. The van der Waals surface area contributed by atoms with Crippen molar-refractivity contribution in [2.75, 3.05) is 36.4 Å². The molecule has 1 amide bonds. The number of hydrogen-bond acceptors (Lipinski definition) is 4. The summed E-state index contributed by atoms with van der Waals surface area (Å²) < 4.78 is 0. The summed E-state index contributed by atoms with van der Waals surface area (Å²) in [7, 11) is 0. The van der Waals surface area contributed by atoms with Gasteiger partial charge in [0.2, 0.25) is 0 Å². The zero-order chi connectivity index (χ0) is 26.0. The fraction of sp³-hybridized carbons (Fsp3) is 0.333. The van der Waals surface area contributed by atoms with Crippen LogP contribution in [0.2, 0.25) is 0 Å². The molecule has 3 aromatic carbocycles. The number of rotatable bonds is 5. The summed E-state index contributed by atoms with van der Waals surface area (Å²) in [5.74, 6) is 0.667. The summed E-state index contributed by atoms with van der Waals surface area (Å²) in [4.78, 5) is 23.0. The van der Waals surface area contributed by atoms with E-state index in [2.05, 4.69) is 75.6 Å². The second-order valence-electron chi connectivity index (χ2n) is 10.9. The molecule has 0 spiro atoms. The molecule has 2 fully saturated rings. The molecule has 5 heteroatoms. The minimum atomic E-state index is -0.0939. The number of carbonyl (C=O) groups excluding carboxylic acids is 1. The van der Waals surface area contributed by atoms with E-state index >= 15 is 0 Å². The number of hydrogen-bond donors (Lipinski definition) is 1. The van der Waals surface area contributed by atoms with Crippen molar-refractivity contribution in [1.29, 1.82) is 0 Å². The second-order valence-corrected chi connectivity index (χ2v) is 10.9. The molecule has 5 nitrogen and oxygen atoms in total. The Morgan fingerprint density at radius 1 is 0.868 bits per heavy atom. The Bertz CT molecular complexity index is 1400. The van der Waals surface area contributed by atoms with Gasteiger partial charge in [-0.2, -0.15) is 0 Å². The summed E-state index contributed by atoms with van der Waals surface area (Å²) in [6, 6.07) is 29.0. The highest BCUT2D eigenvalue weighted by Gasteiger charge is 2.42. The topological polar surface area (TPSA) is 48.5 Å². The van der Waals surface area contributed by atoms with Crippen LogP contribution in [-0.2, 0) is 5.54 Å². The average Bonchev–Trinajstić information content (AvgIpc) is 2.98. The molecule has 6 rings (SSSR count). The number of anilines is 2. The van der Waals surface area contributed by atoms with Crippen LogP contribution in [0.3, 0.4) is 0 Å². The van der Waals surface area contributed by atoms with E-state index in [1.165, 1.54) is 24.1 Å². The van der Waals surface area contributed by atoms with E-state index in [0.29, 0.717) is 5.56 Å². The highest BCUT2D eigenvalue weighted by atomic mass is 16.1. The van der Waals surface area contributed by atoms with Crippen molar-refractivity contribution in [3.8, 4) is 0 Å². The molecule has 2 heterocycles. The number of pyridine rings is 1. The van der Waals surface area contributed by atoms with Crippen molar-refractivity contribution >= 4 is 28.2 Å². The first-order valence-electron chi connectivity index (χ1n) is 13.9. The van der Waals surface area contributed by atoms with Crippen molar-refractivity contribution in [2.24, 2.45) is 5.92 Å². The van der Waals surface area contributed by atoms with Crippen LogP contribution in [0.15, 0.2) is 91.1 Å². The minimum Gasteiger partial charge on any atom is -0.369 e. The molecule has 0 atom stereocenters. The van der Waals surface area contributed by atoms with E-state index < -0.39 is 0 Å². The molecule has 1 aromatic heterocycles. The first-order valence-corrected chi connectivity index (χ1v) is 13.9. The van der Waals surface area contributed by atoms with Gasteiger partial charge in [-0.1, -0.05) is 55.5 Å². The predicted molar refractivity (Wildman–Crippen MR) is 156 cm³/mol. The smallest absolute Gasteiger partial charge is 0.256 e. The van der Waals surface area contributed by atoms with Gasteiger partial charge < -0.3 is 10.2 Å². The van der Waals surface area contributed by atoms with Crippen LogP contribution in [0.25, 0.3) is 10.9 Å². The minimum absolute atomic E-state index is 0.0133. The van der Waals surface area contributed by atoms with E-state index in [9.17, 15) is 4.79 Å². The number of aromatic nitrogens is 1. The summed E-state index contributed by atoms with van der Waals surface area (Å²) >= 11 is 0. The molecule has 1 saturated heterocycles. The number of nitrogens with one attached hydrogen (secondary N) is 1. The third-order valence-electron chi connectivity index (χ3n) is 8.66. The zero-order valence-corrected chi connectivity index (χ0v) is 22.1. The molecule has 1 N–H and O–H groups in total. The van der Waals surface area contributed by atoms with Gasteiger partial charge in [0.05, 0.1) is 11.1 Å². The normalized spacial score (nSPS) is 22.3. The van der Waals surface area contributed by atoms with E-state index in [-0.39, 0.29) is 11.4 Å². The monoisotopic (exact) mass is 504 g/mol. The largest absolute Gasteiger partial charge is 0.369 e. The number of fused-ring (bicyclic) bond motifs is 1. The average molecular weight is 505 g/mol. The molecule has 1 saturated carbocycles. The van der Waals surface area contributed by atoms with Gasteiger partial charge in [0.1, 0.15) is 0 Å². The molecule has 4 aromatic rings. The first-order chi connectivity index (χ1) is 18.6. The quantitative estimate of drug-likeness (QED) is 0.328. The highest BCUT2D eigenvalue weighted by molar-refractivity contribution is 6.12. The standard InChI is InChI=1S/C33H36N4O/c1-25-14-17-33(18-15-25,37-22-20-36(21-23-37)28-10-3-2-4-11-28)26-8-7-9-27(24-26)35-32(38)30-16-19-34-31-13-6-5-12-29(30)31/h2-13,16,19,24-25H,14-15,17-18,20-23H2,1H3,(H,35,38). The lowest BCUT2D eigenvalue weighted by Gasteiger charge is -2.51. The maximum Gasteiger partial charge on any atom is 0.256 e. The molecule has 1 aliphatic heterocycles. The number of benzene rings is 3. The van der Waals surface area contributed by atoms with Crippen LogP contribution in [0.4, 0.5) is 11.4 Å². The fourth-order valence-electron chi connectivity index (χ4n) is 6.44. The van der Waals surface area contributed by atoms with Gasteiger partial charge in [-0.05, 0) is 73.6 Å². The number of para-hydroxylation sites is 2. The van der Waals surface area contributed by atoms with E-state index in [0.717, 1.165) is 61.5 Å². The Kier molecular flexibility index (Phi) is 6.86. The summed E-state index contributed by atoms with van der Waals surface area (Å²) in [6.07, 6.45) is 6.50. The summed E-state index contributed by atoms with van der Waals surface area (Å²) in [5, 5.41) is 4.07. The predicted octanol–water partition coefficient (Wildman–Crippen LogP) is 6.71. The number of nitrogens with zero attached hydrogens (tertiary/aromatic N) is 3. The van der Waals surface area contributed by atoms with Gasteiger partial charge in [0.15, 0.2) is 0 Å². The van der Waals surface area contributed by atoms with Crippen molar-refractivity contribution in [2.45, 2.75) is 38.1 Å². The summed E-state index contributed by atoms with van der Waals surface area (Å²) in [6.45, 7) is 6.54. The van der Waals surface area contributed by atoms with Gasteiger partial charge in [-0.15, -0.1) is 0 Å². The molecule has 0 bridgehead atoms. The van der Waals surface area contributed by atoms with Crippen LogP contribution in [0.1, 0.15) is 48.5 Å². The van der Waals surface area contributed by atoms with Crippen LogP contribution in [0.5, 0.6) is 0 Å². The molecule has 194 valence electrons. The SMILES string of the molecule is CC1CCC(c2cccc(NC(=O)c3ccnc4ccccc34)c2)(N2CCN(c3ccccc3)CC2)CC1. The maximum absolute atomic E-state index is 13.4. The van der Waals surface area contributed by atoms with Gasteiger partial charge in [-0.3, -0.25) is 14.7 Å². The first kappa shape index (κ1) is 24.6. The van der Waals surface area contributed by atoms with Crippen molar-refractivity contribution in [1.82, 2.24) is 9.88 Å². The van der Waals surface area contributed by atoms with Gasteiger partial charge in [0.25, 0.3) is 5.91 Å². The van der Waals surface area contributed by atoms with E-state index in [1.807, 2.05) is 30.3 Å². The third kappa shape index (κ3) is 4.79. The molecular formula is C33H36N4O. The highest BCUT2D eigenvalue weighted by Crippen LogP contribution is 2.45. The van der Waals surface area contributed by atoms with Crippen LogP contribution >= 0.6 is 0 Å². The van der Waals surface area contributed by atoms with Crippen molar-refractivity contribution < 1.29 is 4.79 Å². The molecule has 0 radical (unpaired) electrons. The van der Waals surface area contributed by atoms with Gasteiger partial charge in [0, 0.05) is 54.7 Å². The Morgan fingerprint density at radius 3 is 2.39 bits per heavy atom. The Balaban J connectivity index is 1.25. The fourth-order valence-corrected chi connectivity index (χ4v) is 6.44. The van der Waals surface area contributed by atoms with E-state index in [1.54, 1.807) is 12.3 Å². The van der Waals surface area contributed by atoms with Crippen LogP contribution in [0, 0.1) is 5.92 Å². The van der Waals surface area contributed by atoms with Crippen molar-refractivity contribution in [3.63, 3.8) is 0 Å². The van der Waals surface area contributed by atoms with Gasteiger partial charge >= 0.3 is 0 Å². The van der Waals surface area contributed by atoms with Crippen molar-refractivity contribution in [3.05, 3.63) is 102 Å². The van der Waals surface area contributed by atoms with Crippen LogP contribution in [-0.4, -0.2) is 42.0 Å². The molecule has 1 aliphatic carbocycles. The molecule has 38 heavy (non-hydrogen) atoms. The van der Waals surface area contributed by atoms with Gasteiger partial charge in [-0.25, -0.2) is 0 Å². The molecular weight excluding hydrogens is 468 g/mol. The zero-order valence-electron chi connectivity index (χ0n) is 22.1. The number of amides is 1. The lowest BCUT2D eigenvalue weighted by molar-refractivity contribution is 0.0299. The lowest BCUT2D eigenvalue weighted by atomic mass is 9.71. The number of piperazine rings is 1. The maximum atomic E-state index is 13.4. The molecule has 2 aliphatic rings. The Labute approximate surface area is 225 Å². The Morgan fingerprint density at radius 2 is 1.61 bits per heavy atom.